The monoisotopic (exact) mass is 453 g/mol. The van der Waals surface area contributed by atoms with Crippen LogP contribution in [0.15, 0.2) is 53.7 Å². The molecule has 0 spiro atoms. The van der Waals surface area contributed by atoms with E-state index < -0.39 is 5.91 Å². The molecule has 164 valence electrons. The molecule has 1 amide bonds. The topological polar surface area (TPSA) is 100 Å². The van der Waals surface area contributed by atoms with Gasteiger partial charge in [-0.1, -0.05) is 17.7 Å². The smallest absolute Gasteiger partial charge is 0.264 e. The number of nitrogens with zero attached hydrogens (tertiary/aromatic N) is 4. The highest BCUT2D eigenvalue weighted by molar-refractivity contribution is 6.30. The number of methoxy groups -OCH3 is 2. The van der Waals surface area contributed by atoms with Crippen LogP contribution in [-0.2, 0) is 11.3 Å². The number of hydrogen-bond acceptors (Lipinski definition) is 6. The molecule has 4 aromatic rings. The van der Waals surface area contributed by atoms with Crippen molar-refractivity contribution in [3.63, 3.8) is 0 Å². The van der Waals surface area contributed by atoms with Crippen molar-refractivity contribution in [2.75, 3.05) is 19.5 Å². The molecule has 0 atom stereocenters. The minimum absolute atomic E-state index is 0.211. The molecule has 0 unspecified atom stereocenters. The van der Waals surface area contributed by atoms with Gasteiger partial charge >= 0.3 is 0 Å². The standard InChI is InChI=1S/C22H20ClN5O4/c1-13-4-5-14(23)8-17(13)28-21-16(10-25-28)22(30)27(12-24-21)11-20(29)26-15-6-7-18(31-2)19(9-15)32-3/h4-10,12H,11H2,1-3H3,(H,26,29). The summed E-state index contributed by atoms with van der Waals surface area (Å²) < 4.78 is 13.2. The second-order valence-electron chi connectivity index (χ2n) is 7.02. The van der Waals surface area contributed by atoms with Crippen LogP contribution in [0.1, 0.15) is 5.56 Å². The van der Waals surface area contributed by atoms with E-state index in [2.05, 4.69) is 15.4 Å². The summed E-state index contributed by atoms with van der Waals surface area (Å²) >= 11 is 6.11. The van der Waals surface area contributed by atoms with E-state index in [1.54, 1.807) is 35.0 Å². The highest BCUT2D eigenvalue weighted by Crippen LogP contribution is 2.29. The number of benzene rings is 2. The molecule has 4 rings (SSSR count). The second-order valence-corrected chi connectivity index (χ2v) is 7.46. The third kappa shape index (κ3) is 4.02. The molecular weight excluding hydrogens is 434 g/mol. The van der Waals surface area contributed by atoms with Gasteiger partial charge in [0.15, 0.2) is 17.1 Å². The van der Waals surface area contributed by atoms with Crippen molar-refractivity contribution in [2.24, 2.45) is 0 Å². The number of nitrogens with one attached hydrogen (secondary N) is 1. The predicted molar refractivity (Wildman–Crippen MR) is 121 cm³/mol. The van der Waals surface area contributed by atoms with Crippen molar-refractivity contribution in [2.45, 2.75) is 13.5 Å². The molecule has 2 aromatic heterocycles. The first kappa shape index (κ1) is 21.4. The molecule has 1 N–H and O–H groups in total. The Hall–Kier alpha value is -3.85. The number of carbonyl (C=O) groups excluding carboxylic acids is 1. The summed E-state index contributed by atoms with van der Waals surface area (Å²) in [5, 5.41) is 7.89. The molecule has 2 heterocycles. The van der Waals surface area contributed by atoms with E-state index in [1.165, 1.54) is 31.3 Å². The van der Waals surface area contributed by atoms with E-state index in [-0.39, 0.29) is 12.1 Å². The van der Waals surface area contributed by atoms with Gasteiger partial charge in [-0.05, 0) is 36.8 Å². The molecule has 0 fully saturated rings. The third-order valence-corrected chi connectivity index (χ3v) is 5.17. The van der Waals surface area contributed by atoms with Gasteiger partial charge in [0.05, 0.1) is 26.1 Å². The number of carbonyl (C=O) groups is 1. The summed E-state index contributed by atoms with van der Waals surface area (Å²) in [7, 11) is 3.04. The van der Waals surface area contributed by atoms with Crippen LogP contribution in [0.5, 0.6) is 11.5 Å². The number of ether oxygens (including phenoxy) is 2. The highest BCUT2D eigenvalue weighted by Gasteiger charge is 2.15. The molecule has 0 bridgehead atoms. The SMILES string of the molecule is COc1ccc(NC(=O)Cn2cnc3c(cnn3-c3cc(Cl)ccc3C)c2=O)cc1OC. The number of aryl methyl sites for hydroxylation is 1. The van der Waals surface area contributed by atoms with Crippen LogP contribution in [0, 0.1) is 6.92 Å². The van der Waals surface area contributed by atoms with Crippen LogP contribution in [0.4, 0.5) is 5.69 Å². The lowest BCUT2D eigenvalue weighted by Gasteiger charge is -2.11. The summed E-state index contributed by atoms with van der Waals surface area (Å²) in [5.74, 6) is 0.635. The van der Waals surface area contributed by atoms with Gasteiger partial charge in [-0.3, -0.25) is 14.2 Å². The molecule has 10 heteroatoms. The normalized spacial score (nSPS) is 10.9. The fourth-order valence-corrected chi connectivity index (χ4v) is 3.48. The summed E-state index contributed by atoms with van der Waals surface area (Å²) in [4.78, 5) is 29.8. The van der Waals surface area contributed by atoms with E-state index in [4.69, 9.17) is 21.1 Å². The fourth-order valence-electron chi connectivity index (χ4n) is 3.32. The van der Waals surface area contributed by atoms with Crippen molar-refractivity contribution in [3.05, 3.63) is 69.9 Å². The predicted octanol–water partition coefficient (Wildman–Crippen LogP) is 3.20. The van der Waals surface area contributed by atoms with Gasteiger partial charge in [-0.2, -0.15) is 5.10 Å². The number of rotatable bonds is 6. The van der Waals surface area contributed by atoms with E-state index >= 15 is 0 Å². The Morgan fingerprint density at radius 3 is 2.66 bits per heavy atom. The molecule has 2 aromatic carbocycles. The summed E-state index contributed by atoms with van der Waals surface area (Å²) in [6.45, 7) is 1.70. The number of halogens is 1. The molecule has 0 saturated carbocycles. The maximum atomic E-state index is 12.9. The molecule has 0 aliphatic rings. The molecule has 0 aliphatic carbocycles. The quantitative estimate of drug-likeness (QED) is 0.481. The Morgan fingerprint density at radius 1 is 1.12 bits per heavy atom. The zero-order chi connectivity index (χ0) is 22.8. The zero-order valence-corrected chi connectivity index (χ0v) is 18.4. The summed E-state index contributed by atoms with van der Waals surface area (Å²) in [6, 6.07) is 10.4. The first-order valence-electron chi connectivity index (χ1n) is 9.63. The van der Waals surface area contributed by atoms with E-state index in [1.807, 2.05) is 13.0 Å². The lowest BCUT2D eigenvalue weighted by Crippen LogP contribution is -2.27. The number of aromatic nitrogens is 4. The lowest BCUT2D eigenvalue weighted by atomic mass is 10.2. The molecule has 0 aliphatic heterocycles. The number of anilines is 1. The maximum Gasteiger partial charge on any atom is 0.264 e. The van der Waals surface area contributed by atoms with Crippen LogP contribution in [-0.4, -0.2) is 39.5 Å². The number of hydrogen-bond donors (Lipinski definition) is 1. The van der Waals surface area contributed by atoms with Crippen LogP contribution < -0.4 is 20.3 Å². The fraction of sp³-hybridized carbons (Fsp3) is 0.182. The average molecular weight is 454 g/mol. The van der Waals surface area contributed by atoms with Gasteiger partial charge in [0, 0.05) is 16.8 Å². The van der Waals surface area contributed by atoms with Crippen molar-refractivity contribution >= 4 is 34.2 Å². The Labute approximate surface area is 188 Å². The first-order valence-corrected chi connectivity index (χ1v) is 10.0. The van der Waals surface area contributed by atoms with Gasteiger partial charge in [0.1, 0.15) is 18.3 Å². The Kier molecular flexibility index (Phi) is 5.83. The molecular formula is C22H20ClN5O4. The van der Waals surface area contributed by atoms with Crippen molar-refractivity contribution in [1.82, 2.24) is 19.3 Å². The van der Waals surface area contributed by atoms with Crippen molar-refractivity contribution in [3.8, 4) is 17.2 Å². The van der Waals surface area contributed by atoms with E-state index in [0.29, 0.717) is 33.2 Å². The molecule has 0 saturated heterocycles. The average Bonchev–Trinajstić information content (AvgIpc) is 3.22. The van der Waals surface area contributed by atoms with Crippen LogP contribution in [0.25, 0.3) is 16.7 Å². The first-order chi connectivity index (χ1) is 15.4. The second kappa shape index (κ2) is 8.72. The minimum atomic E-state index is -0.390. The van der Waals surface area contributed by atoms with Gasteiger partial charge < -0.3 is 14.8 Å². The van der Waals surface area contributed by atoms with Gasteiger partial charge in [-0.15, -0.1) is 0 Å². The van der Waals surface area contributed by atoms with E-state index in [9.17, 15) is 9.59 Å². The molecule has 0 radical (unpaired) electrons. The van der Waals surface area contributed by atoms with Gasteiger partial charge in [0.25, 0.3) is 5.56 Å². The summed E-state index contributed by atoms with van der Waals surface area (Å²) in [5.41, 5.74) is 2.18. The zero-order valence-electron chi connectivity index (χ0n) is 17.6. The van der Waals surface area contributed by atoms with Crippen LogP contribution in [0.3, 0.4) is 0 Å². The van der Waals surface area contributed by atoms with Gasteiger partial charge in [-0.25, -0.2) is 9.67 Å². The lowest BCUT2D eigenvalue weighted by molar-refractivity contribution is -0.116. The molecule has 9 nitrogen and oxygen atoms in total. The Balaban J connectivity index is 1.59. The van der Waals surface area contributed by atoms with Crippen LogP contribution in [0.2, 0.25) is 5.02 Å². The summed E-state index contributed by atoms with van der Waals surface area (Å²) in [6.07, 6.45) is 2.77. The molecule has 32 heavy (non-hydrogen) atoms. The largest absolute Gasteiger partial charge is 0.493 e. The maximum absolute atomic E-state index is 12.9. The minimum Gasteiger partial charge on any atom is -0.493 e. The van der Waals surface area contributed by atoms with Crippen LogP contribution >= 0.6 is 11.6 Å². The van der Waals surface area contributed by atoms with Crippen molar-refractivity contribution in [1.29, 1.82) is 0 Å². The number of amides is 1. The Morgan fingerprint density at radius 2 is 1.91 bits per heavy atom. The highest BCUT2D eigenvalue weighted by atomic mass is 35.5. The Bertz CT molecular complexity index is 1380. The number of fused-ring (bicyclic) bond motifs is 1. The third-order valence-electron chi connectivity index (χ3n) is 4.94. The van der Waals surface area contributed by atoms with Crippen molar-refractivity contribution < 1.29 is 14.3 Å². The van der Waals surface area contributed by atoms with Gasteiger partial charge in [0.2, 0.25) is 5.91 Å². The van der Waals surface area contributed by atoms with E-state index in [0.717, 1.165) is 11.3 Å².